The predicted molar refractivity (Wildman–Crippen MR) is 76.9 cm³/mol. The number of thiazole rings is 1. The van der Waals surface area contributed by atoms with Crippen LogP contribution in [0.2, 0.25) is 0 Å². The molecule has 0 amide bonds. The maximum Gasteiger partial charge on any atom is 0.113 e. The summed E-state index contributed by atoms with van der Waals surface area (Å²) >= 11 is 1.70. The number of aryl methyl sites for hydroxylation is 3. The molecule has 18 heavy (non-hydrogen) atoms. The van der Waals surface area contributed by atoms with E-state index in [9.17, 15) is 0 Å². The zero-order chi connectivity index (χ0) is 12.9. The van der Waals surface area contributed by atoms with Gasteiger partial charge in [-0.2, -0.15) is 0 Å². The van der Waals surface area contributed by atoms with Gasteiger partial charge >= 0.3 is 0 Å². The van der Waals surface area contributed by atoms with Crippen molar-refractivity contribution < 1.29 is 0 Å². The van der Waals surface area contributed by atoms with Crippen molar-refractivity contribution in [2.75, 3.05) is 0 Å². The Bertz CT molecular complexity index is 609. The number of aromatic nitrogens is 1. The minimum absolute atomic E-state index is 0.115. The van der Waals surface area contributed by atoms with E-state index in [0.29, 0.717) is 0 Å². The first kappa shape index (κ1) is 11.9. The van der Waals surface area contributed by atoms with Crippen molar-refractivity contribution in [1.29, 1.82) is 0 Å². The van der Waals surface area contributed by atoms with Crippen LogP contribution in [0.25, 0.3) is 11.3 Å². The van der Waals surface area contributed by atoms with Crippen LogP contribution in [0.5, 0.6) is 0 Å². The molecule has 0 aliphatic heterocycles. The third-order valence-electron chi connectivity index (χ3n) is 3.84. The first-order valence-corrected chi connectivity index (χ1v) is 7.21. The van der Waals surface area contributed by atoms with Crippen molar-refractivity contribution in [3.63, 3.8) is 0 Å². The van der Waals surface area contributed by atoms with Gasteiger partial charge in [-0.05, 0) is 56.4 Å². The van der Waals surface area contributed by atoms with Crippen molar-refractivity contribution >= 4 is 11.3 Å². The SMILES string of the molecule is Cc1cc(C)c(-c2csc(C3(N)CC3)n2)cc1C. The smallest absolute Gasteiger partial charge is 0.113 e. The quantitative estimate of drug-likeness (QED) is 0.892. The standard InChI is InChI=1S/C15H18N2S/c1-9-6-11(3)12(7-10(9)2)13-8-18-14(17-13)15(16)4-5-15/h6-8H,4-5,16H2,1-3H3. The monoisotopic (exact) mass is 258 g/mol. The predicted octanol–water partition coefficient (Wildman–Crippen LogP) is 3.68. The Hall–Kier alpha value is -1.19. The molecule has 3 rings (SSSR count). The van der Waals surface area contributed by atoms with E-state index < -0.39 is 0 Å². The lowest BCUT2D eigenvalue weighted by atomic mass is 9.99. The highest BCUT2D eigenvalue weighted by atomic mass is 32.1. The Labute approximate surface area is 112 Å². The lowest BCUT2D eigenvalue weighted by Gasteiger charge is -2.08. The fourth-order valence-corrected chi connectivity index (χ4v) is 3.20. The second-order valence-corrected chi connectivity index (χ2v) is 6.30. The summed E-state index contributed by atoms with van der Waals surface area (Å²) in [5.74, 6) is 0. The molecule has 0 spiro atoms. The summed E-state index contributed by atoms with van der Waals surface area (Å²) in [6, 6.07) is 4.47. The highest BCUT2D eigenvalue weighted by Crippen LogP contribution is 2.44. The van der Waals surface area contributed by atoms with Gasteiger partial charge in [-0.1, -0.05) is 6.07 Å². The summed E-state index contributed by atoms with van der Waals surface area (Å²) in [6.07, 6.45) is 2.15. The molecule has 94 valence electrons. The maximum atomic E-state index is 6.20. The number of nitrogens with zero attached hydrogens (tertiary/aromatic N) is 1. The van der Waals surface area contributed by atoms with Crippen molar-refractivity contribution in [3.8, 4) is 11.3 Å². The van der Waals surface area contributed by atoms with Crippen molar-refractivity contribution in [2.45, 2.75) is 39.2 Å². The second kappa shape index (κ2) is 3.90. The van der Waals surface area contributed by atoms with Gasteiger partial charge in [0.25, 0.3) is 0 Å². The molecule has 1 aromatic heterocycles. The lowest BCUT2D eigenvalue weighted by molar-refractivity contribution is 0.732. The summed E-state index contributed by atoms with van der Waals surface area (Å²) in [4.78, 5) is 4.74. The van der Waals surface area contributed by atoms with Crippen LogP contribution in [0, 0.1) is 20.8 Å². The van der Waals surface area contributed by atoms with Gasteiger partial charge in [0.2, 0.25) is 0 Å². The van der Waals surface area contributed by atoms with Crippen LogP contribution in [0.1, 0.15) is 34.5 Å². The first-order chi connectivity index (χ1) is 8.49. The average Bonchev–Trinajstić information content (AvgIpc) is 2.90. The Balaban J connectivity index is 2.04. The van der Waals surface area contributed by atoms with Gasteiger partial charge in [-0.15, -0.1) is 11.3 Å². The van der Waals surface area contributed by atoms with Crippen molar-refractivity contribution in [2.24, 2.45) is 5.73 Å². The molecule has 0 saturated heterocycles. The van der Waals surface area contributed by atoms with Crippen LogP contribution in [-0.4, -0.2) is 4.98 Å². The average molecular weight is 258 g/mol. The molecular formula is C15H18N2S. The number of hydrogen-bond acceptors (Lipinski definition) is 3. The molecule has 1 aliphatic carbocycles. The molecule has 1 saturated carbocycles. The fraction of sp³-hybridized carbons (Fsp3) is 0.400. The molecule has 0 atom stereocenters. The van der Waals surface area contributed by atoms with Gasteiger partial charge in [0.15, 0.2) is 0 Å². The van der Waals surface area contributed by atoms with Crippen LogP contribution in [0.15, 0.2) is 17.5 Å². The molecule has 0 radical (unpaired) electrons. The summed E-state index contributed by atoms with van der Waals surface area (Å²) in [5, 5.41) is 3.23. The van der Waals surface area contributed by atoms with E-state index in [1.54, 1.807) is 11.3 Å². The molecule has 1 heterocycles. The van der Waals surface area contributed by atoms with E-state index in [-0.39, 0.29) is 5.54 Å². The topological polar surface area (TPSA) is 38.9 Å². The summed E-state index contributed by atoms with van der Waals surface area (Å²) in [5.41, 5.74) is 12.3. The number of nitrogens with two attached hydrogens (primary N) is 1. The van der Waals surface area contributed by atoms with Gasteiger partial charge in [0.05, 0.1) is 11.2 Å². The Morgan fingerprint density at radius 1 is 1.11 bits per heavy atom. The third-order valence-corrected chi connectivity index (χ3v) is 4.90. The first-order valence-electron chi connectivity index (χ1n) is 6.33. The molecule has 2 N–H and O–H groups in total. The minimum Gasteiger partial charge on any atom is -0.319 e. The van der Waals surface area contributed by atoms with E-state index in [1.807, 2.05) is 0 Å². The van der Waals surface area contributed by atoms with Gasteiger partial charge < -0.3 is 5.73 Å². The van der Waals surface area contributed by atoms with E-state index in [2.05, 4.69) is 38.3 Å². The van der Waals surface area contributed by atoms with Crippen LogP contribution < -0.4 is 5.73 Å². The molecule has 1 fully saturated rings. The summed E-state index contributed by atoms with van der Waals surface area (Å²) in [7, 11) is 0. The van der Waals surface area contributed by atoms with E-state index in [0.717, 1.165) is 23.5 Å². The van der Waals surface area contributed by atoms with Crippen molar-refractivity contribution in [3.05, 3.63) is 39.2 Å². The van der Waals surface area contributed by atoms with Gasteiger partial charge in [-0.3, -0.25) is 0 Å². The van der Waals surface area contributed by atoms with E-state index in [4.69, 9.17) is 10.7 Å². The van der Waals surface area contributed by atoms with Gasteiger partial charge in [-0.25, -0.2) is 4.98 Å². The van der Waals surface area contributed by atoms with Crippen molar-refractivity contribution in [1.82, 2.24) is 4.98 Å². The summed E-state index contributed by atoms with van der Waals surface area (Å²) < 4.78 is 0. The molecule has 3 heteroatoms. The van der Waals surface area contributed by atoms with Gasteiger partial charge in [0.1, 0.15) is 5.01 Å². The third kappa shape index (κ3) is 1.88. The minimum atomic E-state index is -0.115. The largest absolute Gasteiger partial charge is 0.319 e. The molecule has 0 unspecified atom stereocenters. The number of rotatable bonds is 2. The Morgan fingerprint density at radius 3 is 2.44 bits per heavy atom. The normalized spacial score (nSPS) is 16.9. The number of hydrogen-bond donors (Lipinski definition) is 1. The zero-order valence-electron chi connectivity index (χ0n) is 11.1. The van der Waals surface area contributed by atoms with E-state index >= 15 is 0 Å². The lowest BCUT2D eigenvalue weighted by Crippen LogP contribution is -2.18. The molecule has 0 bridgehead atoms. The van der Waals surface area contributed by atoms with Crippen LogP contribution in [-0.2, 0) is 5.54 Å². The molecule has 1 aliphatic rings. The van der Waals surface area contributed by atoms with Crippen LogP contribution >= 0.6 is 11.3 Å². The molecule has 2 nitrogen and oxygen atoms in total. The van der Waals surface area contributed by atoms with Gasteiger partial charge in [0, 0.05) is 10.9 Å². The zero-order valence-corrected chi connectivity index (χ0v) is 11.9. The highest BCUT2D eigenvalue weighted by molar-refractivity contribution is 7.10. The molecule has 2 aromatic rings. The molecule has 1 aromatic carbocycles. The van der Waals surface area contributed by atoms with Crippen LogP contribution in [0.3, 0.4) is 0 Å². The van der Waals surface area contributed by atoms with E-state index in [1.165, 1.54) is 22.3 Å². The second-order valence-electron chi connectivity index (χ2n) is 5.45. The summed E-state index contributed by atoms with van der Waals surface area (Å²) in [6.45, 7) is 6.45. The molecular weight excluding hydrogens is 240 g/mol. The Kier molecular flexibility index (Phi) is 2.57. The van der Waals surface area contributed by atoms with Crippen LogP contribution in [0.4, 0.5) is 0 Å². The number of benzene rings is 1. The fourth-order valence-electron chi connectivity index (χ4n) is 2.21. The maximum absolute atomic E-state index is 6.20. The Morgan fingerprint density at radius 2 is 1.78 bits per heavy atom. The highest BCUT2D eigenvalue weighted by Gasteiger charge is 2.42.